The van der Waals surface area contributed by atoms with Crippen molar-refractivity contribution in [1.82, 2.24) is 20.1 Å². The van der Waals surface area contributed by atoms with Crippen LogP contribution in [0.4, 0.5) is 0 Å². The van der Waals surface area contributed by atoms with Gasteiger partial charge >= 0.3 is 0 Å². The van der Waals surface area contributed by atoms with Crippen LogP contribution in [0, 0.1) is 6.92 Å². The van der Waals surface area contributed by atoms with Gasteiger partial charge in [-0.1, -0.05) is 20.8 Å². The molecule has 0 aromatic carbocycles. The monoisotopic (exact) mass is 336 g/mol. The Labute approximate surface area is 143 Å². The zero-order chi connectivity index (χ0) is 16.6. The molecule has 1 N–H and O–H groups in total. The fourth-order valence-electron chi connectivity index (χ4n) is 3.33. The van der Waals surface area contributed by atoms with Crippen LogP contribution in [-0.4, -0.2) is 66.0 Å². The molecular formula is C17H28N4OS. The molecule has 1 aromatic heterocycles. The first-order chi connectivity index (χ1) is 10.9. The largest absolute Gasteiger partial charge is 0.336 e. The van der Waals surface area contributed by atoms with Gasteiger partial charge in [-0.15, -0.1) is 11.3 Å². The molecule has 1 amide bonds. The van der Waals surface area contributed by atoms with E-state index in [4.69, 9.17) is 0 Å². The van der Waals surface area contributed by atoms with Gasteiger partial charge in [-0.05, 0) is 13.3 Å². The smallest absolute Gasteiger partial charge is 0.265 e. The second-order valence-electron chi connectivity index (χ2n) is 7.66. The zero-order valence-electron chi connectivity index (χ0n) is 14.7. The van der Waals surface area contributed by atoms with E-state index in [0.29, 0.717) is 6.04 Å². The molecular weight excluding hydrogens is 308 g/mol. The van der Waals surface area contributed by atoms with Gasteiger partial charge in [-0.3, -0.25) is 9.69 Å². The highest BCUT2D eigenvalue weighted by Crippen LogP contribution is 2.30. The van der Waals surface area contributed by atoms with Gasteiger partial charge in [-0.25, -0.2) is 4.98 Å². The van der Waals surface area contributed by atoms with Crippen molar-refractivity contribution in [2.24, 2.45) is 0 Å². The van der Waals surface area contributed by atoms with Gasteiger partial charge < -0.3 is 10.2 Å². The summed E-state index contributed by atoms with van der Waals surface area (Å²) in [5.74, 6) is 0.174. The molecule has 0 radical (unpaired) electrons. The van der Waals surface area contributed by atoms with E-state index in [-0.39, 0.29) is 11.3 Å². The molecule has 2 aliphatic rings. The van der Waals surface area contributed by atoms with Gasteiger partial charge in [0, 0.05) is 50.7 Å². The van der Waals surface area contributed by atoms with Crippen molar-refractivity contribution in [3.63, 3.8) is 0 Å². The lowest BCUT2D eigenvalue weighted by molar-refractivity contribution is 0.0777. The molecule has 5 nitrogen and oxygen atoms in total. The predicted molar refractivity (Wildman–Crippen MR) is 94.3 cm³/mol. The van der Waals surface area contributed by atoms with Crippen LogP contribution in [0.25, 0.3) is 0 Å². The number of amides is 1. The van der Waals surface area contributed by atoms with Crippen LogP contribution in [0.15, 0.2) is 0 Å². The molecule has 3 rings (SSSR count). The molecule has 0 saturated carbocycles. The lowest BCUT2D eigenvalue weighted by Crippen LogP contribution is -2.49. The lowest BCUT2D eigenvalue weighted by Gasteiger charge is -2.32. The summed E-state index contributed by atoms with van der Waals surface area (Å²) in [4.78, 5) is 22.9. The van der Waals surface area contributed by atoms with Crippen LogP contribution in [0.1, 0.15) is 47.6 Å². The third kappa shape index (κ3) is 3.59. The molecule has 2 saturated heterocycles. The maximum atomic E-state index is 12.9. The Morgan fingerprint density at radius 2 is 1.96 bits per heavy atom. The van der Waals surface area contributed by atoms with Crippen LogP contribution in [0.3, 0.4) is 0 Å². The standard InChI is InChI=1S/C17H28N4OS/c1-12-14(23-16(19-12)17(2,3)4)15(22)21-8-5-13(11-21)20-9-6-18-7-10-20/h13,18H,5-11H2,1-4H3. The van der Waals surface area contributed by atoms with Crippen molar-refractivity contribution in [3.05, 3.63) is 15.6 Å². The summed E-state index contributed by atoms with van der Waals surface area (Å²) in [6, 6.07) is 0.524. The quantitative estimate of drug-likeness (QED) is 0.896. The highest BCUT2D eigenvalue weighted by molar-refractivity contribution is 7.14. The minimum absolute atomic E-state index is 0.00228. The van der Waals surface area contributed by atoms with E-state index < -0.39 is 0 Å². The van der Waals surface area contributed by atoms with E-state index in [9.17, 15) is 4.79 Å². The Morgan fingerprint density at radius 1 is 1.26 bits per heavy atom. The number of hydrogen-bond acceptors (Lipinski definition) is 5. The Morgan fingerprint density at radius 3 is 2.57 bits per heavy atom. The van der Waals surface area contributed by atoms with E-state index in [1.165, 1.54) is 0 Å². The van der Waals surface area contributed by atoms with Crippen molar-refractivity contribution in [2.75, 3.05) is 39.3 Å². The average Bonchev–Trinajstić information content (AvgIpc) is 3.14. The Kier molecular flexibility index (Phi) is 4.76. The van der Waals surface area contributed by atoms with Crippen LogP contribution in [0.2, 0.25) is 0 Å². The maximum Gasteiger partial charge on any atom is 0.265 e. The second kappa shape index (κ2) is 6.49. The van der Waals surface area contributed by atoms with Crippen LogP contribution in [-0.2, 0) is 5.41 Å². The molecule has 23 heavy (non-hydrogen) atoms. The third-order valence-electron chi connectivity index (χ3n) is 4.75. The van der Waals surface area contributed by atoms with Gasteiger partial charge in [-0.2, -0.15) is 0 Å². The molecule has 128 valence electrons. The molecule has 3 heterocycles. The van der Waals surface area contributed by atoms with Crippen molar-refractivity contribution < 1.29 is 4.79 Å². The highest BCUT2D eigenvalue weighted by atomic mass is 32.1. The number of nitrogens with zero attached hydrogens (tertiary/aromatic N) is 3. The molecule has 0 spiro atoms. The molecule has 1 aromatic rings. The summed E-state index contributed by atoms with van der Waals surface area (Å²) in [6.07, 6.45) is 1.09. The van der Waals surface area contributed by atoms with Crippen LogP contribution < -0.4 is 5.32 Å². The van der Waals surface area contributed by atoms with Crippen molar-refractivity contribution in [3.8, 4) is 0 Å². The summed E-state index contributed by atoms with van der Waals surface area (Å²) in [5.41, 5.74) is 0.887. The maximum absolute atomic E-state index is 12.9. The fraction of sp³-hybridized carbons (Fsp3) is 0.765. The van der Waals surface area contributed by atoms with Crippen molar-refractivity contribution in [1.29, 1.82) is 0 Å². The number of aryl methyl sites for hydroxylation is 1. The Balaban J connectivity index is 1.68. The minimum Gasteiger partial charge on any atom is -0.336 e. The molecule has 0 bridgehead atoms. The zero-order valence-corrected chi connectivity index (χ0v) is 15.5. The van der Waals surface area contributed by atoms with Crippen LogP contribution >= 0.6 is 11.3 Å². The second-order valence-corrected chi connectivity index (χ2v) is 8.66. The summed E-state index contributed by atoms with van der Waals surface area (Å²) >= 11 is 1.57. The van der Waals surface area contributed by atoms with Crippen molar-refractivity contribution in [2.45, 2.75) is 45.6 Å². The van der Waals surface area contributed by atoms with E-state index in [1.54, 1.807) is 11.3 Å². The van der Waals surface area contributed by atoms with Crippen LogP contribution in [0.5, 0.6) is 0 Å². The molecule has 2 fully saturated rings. The number of nitrogens with one attached hydrogen (secondary N) is 1. The fourth-order valence-corrected chi connectivity index (χ4v) is 4.42. The summed E-state index contributed by atoms with van der Waals surface area (Å²) in [7, 11) is 0. The predicted octanol–water partition coefficient (Wildman–Crippen LogP) is 1.87. The van der Waals surface area contributed by atoms with Gasteiger partial charge in [0.25, 0.3) is 5.91 Å². The SMILES string of the molecule is Cc1nc(C(C)(C)C)sc1C(=O)N1CCC(N2CCNCC2)C1. The first-order valence-corrected chi connectivity index (χ1v) is 9.40. The number of rotatable bonds is 2. The topological polar surface area (TPSA) is 48.5 Å². The number of carbonyl (C=O) groups excluding carboxylic acids is 1. The first kappa shape index (κ1) is 16.9. The number of carbonyl (C=O) groups is 1. The van der Waals surface area contributed by atoms with Gasteiger partial charge in [0.05, 0.1) is 10.7 Å². The average molecular weight is 337 g/mol. The van der Waals surface area contributed by atoms with Gasteiger partial charge in [0.2, 0.25) is 0 Å². The third-order valence-corrected chi connectivity index (χ3v) is 6.32. The van der Waals surface area contributed by atoms with E-state index in [0.717, 1.165) is 61.3 Å². The Bertz CT molecular complexity index is 572. The first-order valence-electron chi connectivity index (χ1n) is 8.58. The highest BCUT2D eigenvalue weighted by Gasteiger charge is 2.33. The van der Waals surface area contributed by atoms with E-state index >= 15 is 0 Å². The molecule has 0 aliphatic carbocycles. The number of piperazine rings is 1. The molecule has 6 heteroatoms. The van der Waals surface area contributed by atoms with E-state index in [1.807, 2.05) is 11.8 Å². The van der Waals surface area contributed by atoms with Gasteiger partial charge in [0.15, 0.2) is 0 Å². The minimum atomic E-state index is 0.00228. The molecule has 1 atom stereocenters. The lowest BCUT2D eigenvalue weighted by atomic mass is 9.98. The summed E-state index contributed by atoms with van der Waals surface area (Å²) < 4.78 is 0. The Hall–Kier alpha value is -0.980. The summed E-state index contributed by atoms with van der Waals surface area (Å²) in [6.45, 7) is 14.5. The van der Waals surface area contributed by atoms with Crippen molar-refractivity contribution >= 4 is 17.2 Å². The number of likely N-dealkylation sites (tertiary alicyclic amines) is 1. The number of aromatic nitrogens is 1. The molecule has 2 aliphatic heterocycles. The van der Waals surface area contributed by atoms with E-state index in [2.05, 4.69) is 36.0 Å². The number of hydrogen-bond donors (Lipinski definition) is 1. The summed E-state index contributed by atoms with van der Waals surface area (Å²) in [5, 5.41) is 4.45. The van der Waals surface area contributed by atoms with Gasteiger partial charge in [0.1, 0.15) is 4.88 Å². The normalized spacial score (nSPS) is 23.5. The molecule has 1 unspecified atom stereocenters. The number of thiazole rings is 1.